The maximum absolute atomic E-state index is 11.5. The maximum atomic E-state index is 11.5. The third-order valence-corrected chi connectivity index (χ3v) is 4.53. The third kappa shape index (κ3) is 2.99. The van der Waals surface area contributed by atoms with Crippen molar-refractivity contribution in [2.75, 3.05) is 32.1 Å². The summed E-state index contributed by atoms with van der Waals surface area (Å²) >= 11 is 1.19. The Morgan fingerprint density at radius 2 is 2.20 bits per heavy atom. The summed E-state index contributed by atoms with van der Waals surface area (Å²) in [5, 5.41) is 9.80. The number of aromatic carboxylic acids is 1. The molecule has 1 aromatic rings. The number of hydrogen-bond donors (Lipinski definition) is 1. The second-order valence-electron chi connectivity index (χ2n) is 5.29. The van der Waals surface area contributed by atoms with Crippen molar-refractivity contribution in [2.45, 2.75) is 25.8 Å². The van der Waals surface area contributed by atoms with Crippen LogP contribution in [0.5, 0.6) is 0 Å². The Bertz CT molecular complexity index is 495. The number of carboxylic acids is 1. The van der Waals surface area contributed by atoms with Gasteiger partial charge in [0.25, 0.3) is 0 Å². The normalized spacial score (nSPS) is 18.8. The molecule has 1 aromatic heterocycles. The van der Waals surface area contributed by atoms with Crippen molar-refractivity contribution in [2.24, 2.45) is 0 Å². The summed E-state index contributed by atoms with van der Waals surface area (Å²) in [5.74, 6) is -1.38. The molecule has 0 aliphatic carbocycles. The Balaban J connectivity index is 2.30. The van der Waals surface area contributed by atoms with E-state index in [2.05, 4.69) is 14.8 Å². The number of thiazole rings is 1. The molecular formula is C13H19N3O3S. The average molecular weight is 297 g/mol. The van der Waals surface area contributed by atoms with Crippen LogP contribution in [0.25, 0.3) is 0 Å². The minimum atomic E-state index is -1.14. The molecule has 1 atom stereocenters. The van der Waals surface area contributed by atoms with Crippen LogP contribution in [0.2, 0.25) is 0 Å². The zero-order valence-corrected chi connectivity index (χ0v) is 12.7. The first kappa shape index (κ1) is 14.9. The number of carbonyl (C=O) groups excluding carboxylic acids is 1. The van der Waals surface area contributed by atoms with E-state index in [1.54, 1.807) is 0 Å². The van der Waals surface area contributed by atoms with Crippen LogP contribution in [0, 0.1) is 0 Å². The molecule has 20 heavy (non-hydrogen) atoms. The zero-order valence-electron chi connectivity index (χ0n) is 11.9. The van der Waals surface area contributed by atoms with Gasteiger partial charge in [-0.1, -0.05) is 11.3 Å². The van der Waals surface area contributed by atoms with Gasteiger partial charge in [-0.05, 0) is 26.9 Å². The molecular weight excluding hydrogens is 278 g/mol. The SMILES string of the molecule is CC(=O)c1sc(N2CCCC2CN(C)C)nc1C(=O)O. The Morgan fingerprint density at radius 3 is 2.70 bits per heavy atom. The van der Waals surface area contributed by atoms with Crippen molar-refractivity contribution in [3.63, 3.8) is 0 Å². The van der Waals surface area contributed by atoms with Gasteiger partial charge in [0.1, 0.15) is 4.88 Å². The first-order chi connectivity index (χ1) is 9.40. The summed E-state index contributed by atoms with van der Waals surface area (Å²) in [4.78, 5) is 31.4. The van der Waals surface area contributed by atoms with Crippen LogP contribution in [-0.2, 0) is 0 Å². The van der Waals surface area contributed by atoms with Gasteiger partial charge in [-0.25, -0.2) is 9.78 Å². The van der Waals surface area contributed by atoms with Gasteiger partial charge in [0.2, 0.25) is 0 Å². The summed E-state index contributed by atoms with van der Waals surface area (Å²) < 4.78 is 0. The number of aromatic nitrogens is 1. The fourth-order valence-corrected chi connectivity index (χ4v) is 3.56. The lowest BCUT2D eigenvalue weighted by Crippen LogP contribution is -2.37. The topological polar surface area (TPSA) is 73.7 Å². The van der Waals surface area contributed by atoms with E-state index in [-0.39, 0.29) is 16.4 Å². The van der Waals surface area contributed by atoms with Gasteiger partial charge in [0, 0.05) is 26.1 Å². The standard InChI is InChI=1S/C13H19N3O3S/c1-8(17)11-10(12(18)19)14-13(20-11)16-6-4-5-9(16)7-15(2)3/h9H,4-7H2,1-3H3,(H,18,19). The van der Waals surface area contributed by atoms with Crippen LogP contribution in [0.1, 0.15) is 39.9 Å². The summed E-state index contributed by atoms with van der Waals surface area (Å²) in [5.41, 5.74) is -0.118. The molecule has 2 heterocycles. The molecule has 2 rings (SSSR count). The molecule has 110 valence electrons. The first-order valence-electron chi connectivity index (χ1n) is 6.56. The Kier molecular flexibility index (Phi) is 4.39. The summed E-state index contributed by atoms with van der Waals surface area (Å²) in [6.45, 7) is 3.14. The highest BCUT2D eigenvalue weighted by atomic mass is 32.1. The number of ketones is 1. The monoisotopic (exact) mass is 297 g/mol. The number of likely N-dealkylation sites (N-methyl/N-ethyl adjacent to an activating group) is 1. The summed E-state index contributed by atoms with van der Waals surface area (Å²) in [7, 11) is 4.03. The number of Topliss-reactive ketones (excluding diaryl/α,β-unsaturated/α-hetero) is 1. The van der Waals surface area contributed by atoms with E-state index in [4.69, 9.17) is 5.11 Å². The molecule has 1 fully saturated rings. The quantitative estimate of drug-likeness (QED) is 0.832. The molecule has 1 saturated heterocycles. The zero-order chi connectivity index (χ0) is 14.9. The molecule has 0 bridgehead atoms. The second-order valence-corrected chi connectivity index (χ2v) is 6.26. The van der Waals surface area contributed by atoms with E-state index in [0.717, 1.165) is 25.9 Å². The lowest BCUT2D eigenvalue weighted by molar-refractivity contribution is 0.0687. The predicted octanol–water partition coefficient (Wildman–Crippen LogP) is 1.57. The van der Waals surface area contributed by atoms with E-state index in [1.807, 2.05) is 14.1 Å². The highest BCUT2D eigenvalue weighted by Gasteiger charge is 2.30. The van der Waals surface area contributed by atoms with Crippen molar-refractivity contribution in [1.29, 1.82) is 0 Å². The van der Waals surface area contributed by atoms with Crippen LogP contribution >= 0.6 is 11.3 Å². The number of carboxylic acid groups (broad SMARTS) is 1. The second kappa shape index (κ2) is 5.88. The molecule has 6 nitrogen and oxygen atoms in total. The van der Waals surface area contributed by atoms with Gasteiger partial charge in [0.15, 0.2) is 16.6 Å². The molecule has 1 unspecified atom stereocenters. The van der Waals surface area contributed by atoms with Crippen LogP contribution in [0.4, 0.5) is 5.13 Å². The number of anilines is 1. The molecule has 1 aliphatic rings. The van der Waals surface area contributed by atoms with Gasteiger partial charge < -0.3 is 14.9 Å². The molecule has 0 aromatic carbocycles. The molecule has 0 spiro atoms. The molecule has 0 saturated carbocycles. The fraction of sp³-hybridized carbons (Fsp3) is 0.615. The summed E-state index contributed by atoms with van der Waals surface area (Å²) in [6.07, 6.45) is 2.13. The van der Waals surface area contributed by atoms with Crippen molar-refractivity contribution >= 4 is 28.2 Å². The van der Waals surface area contributed by atoms with Crippen LogP contribution in [-0.4, -0.2) is 60.0 Å². The lowest BCUT2D eigenvalue weighted by atomic mass is 10.2. The lowest BCUT2D eigenvalue weighted by Gasteiger charge is -2.26. The van der Waals surface area contributed by atoms with Gasteiger partial charge in [0.05, 0.1) is 0 Å². The minimum absolute atomic E-state index is 0.118. The number of hydrogen-bond acceptors (Lipinski definition) is 6. The Labute approximate surface area is 122 Å². The van der Waals surface area contributed by atoms with Crippen LogP contribution in [0.15, 0.2) is 0 Å². The van der Waals surface area contributed by atoms with Crippen LogP contribution in [0.3, 0.4) is 0 Å². The van der Waals surface area contributed by atoms with Crippen molar-refractivity contribution in [3.05, 3.63) is 10.6 Å². The predicted molar refractivity (Wildman–Crippen MR) is 78.0 cm³/mol. The molecule has 1 N–H and O–H groups in total. The minimum Gasteiger partial charge on any atom is -0.476 e. The number of carbonyl (C=O) groups is 2. The highest BCUT2D eigenvalue weighted by molar-refractivity contribution is 7.17. The van der Waals surface area contributed by atoms with Gasteiger partial charge in [-0.15, -0.1) is 0 Å². The Hall–Kier alpha value is -1.47. The van der Waals surface area contributed by atoms with Gasteiger partial charge in [-0.3, -0.25) is 4.79 Å². The van der Waals surface area contributed by atoms with E-state index in [9.17, 15) is 9.59 Å². The first-order valence-corrected chi connectivity index (χ1v) is 7.38. The van der Waals surface area contributed by atoms with Gasteiger partial charge >= 0.3 is 5.97 Å². The highest BCUT2D eigenvalue weighted by Crippen LogP contribution is 2.32. The largest absolute Gasteiger partial charge is 0.476 e. The molecule has 0 radical (unpaired) electrons. The average Bonchev–Trinajstić information content (AvgIpc) is 2.93. The van der Waals surface area contributed by atoms with Crippen molar-refractivity contribution in [3.8, 4) is 0 Å². The van der Waals surface area contributed by atoms with E-state index in [0.29, 0.717) is 11.2 Å². The van der Waals surface area contributed by atoms with E-state index >= 15 is 0 Å². The molecule has 0 amide bonds. The fourth-order valence-electron chi connectivity index (χ4n) is 2.51. The molecule has 1 aliphatic heterocycles. The number of nitrogens with zero attached hydrogens (tertiary/aromatic N) is 3. The summed E-state index contributed by atoms with van der Waals surface area (Å²) in [6, 6.07) is 0.331. The van der Waals surface area contributed by atoms with Crippen molar-refractivity contribution in [1.82, 2.24) is 9.88 Å². The van der Waals surface area contributed by atoms with Crippen LogP contribution < -0.4 is 4.90 Å². The van der Waals surface area contributed by atoms with E-state index in [1.165, 1.54) is 18.3 Å². The Morgan fingerprint density at radius 1 is 1.50 bits per heavy atom. The smallest absolute Gasteiger partial charge is 0.356 e. The third-order valence-electron chi connectivity index (χ3n) is 3.34. The maximum Gasteiger partial charge on any atom is 0.356 e. The van der Waals surface area contributed by atoms with Crippen molar-refractivity contribution < 1.29 is 14.7 Å². The van der Waals surface area contributed by atoms with E-state index < -0.39 is 5.97 Å². The van der Waals surface area contributed by atoms with Gasteiger partial charge in [-0.2, -0.15) is 0 Å². The molecule has 7 heteroatoms. The number of rotatable bonds is 5.